The molecule has 9 heteroatoms. The number of nitrogens with one attached hydrogen (secondary N) is 1. The van der Waals surface area contributed by atoms with Gasteiger partial charge in [-0.2, -0.15) is 0 Å². The molecule has 318 valence electrons. The highest BCUT2D eigenvalue weighted by Gasteiger charge is 2.28. The summed E-state index contributed by atoms with van der Waals surface area (Å²) in [6.07, 6.45) is 40.0. The summed E-state index contributed by atoms with van der Waals surface area (Å²) in [5, 5.41) is 13.9. The molecule has 8 nitrogen and oxygen atoms in total. The van der Waals surface area contributed by atoms with Crippen molar-refractivity contribution in [2.75, 3.05) is 40.9 Å². The molecule has 0 heterocycles. The van der Waals surface area contributed by atoms with Crippen LogP contribution in [0.4, 0.5) is 0 Å². The van der Waals surface area contributed by atoms with E-state index < -0.39 is 20.0 Å². The van der Waals surface area contributed by atoms with E-state index in [1.165, 1.54) is 161 Å². The maximum absolute atomic E-state index is 12.9. The van der Waals surface area contributed by atoms with Gasteiger partial charge in [0.2, 0.25) is 5.91 Å². The van der Waals surface area contributed by atoms with Crippen LogP contribution < -0.4 is 5.32 Å². The molecule has 3 N–H and O–H groups in total. The number of hydrogen-bond donors (Lipinski definition) is 3. The second kappa shape index (κ2) is 37.1. The third-order valence-corrected chi connectivity index (χ3v) is 11.6. The predicted molar refractivity (Wildman–Crippen MR) is 226 cm³/mol. The minimum Gasteiger partial charge on any atom is -0.391 e. The molecule has 0 spiro atoms. The second-order valence-electron chi connectivity index (χ2n) is 17.1. The number of rotatable bonds is 42. The van der Waals surface area contributed by atoms with Crippen molar-refractivity contribution in [2.45, 2.75) is 238 Å². The highest BCUT2D eigenvalue weighted by atomic mass is 31.2. The Kier molecular flexibility index (Phi) is 36.7. The molecule has 0 aliphatic rings. The van der Waals surface area contributed by atoms with Gasteiger partial charge < -0.3 is 19.8 Å². The van der Waals surface area contributed by atoms with Crippen molar-refractivity contribution in [3.63, 3.8) is 0 Å². The average Bonchev–Trinajstić information content (AvgIpc) is 3.10. The molecular weight excluding hydrogens is 683 g/mol. The Labute approximate surface area is 329 Å². The Hall–Kier alpha value is -0.500. The number of unbranched alkanes of at least 4 members (excludes halogenated alkanes) is 29. The van der Waals surface area contributed by atoms with Gasteiger partial charge in [0.1, 0.15) is 13.2 Å². The molecule has 0 saturated carbocycles. The van der Waals surface area contributed by atoms with E-state index in [0.29, 0.717) is 23.9 Å². The van der Waals surface area contributed by atoms with Crippen molar-refractivity contribution in [3.8, 4) is 0 Å². The van der Waals surface area contributed by atoms with Crippen molar-refractivity contribution in [3.05, 3.63) is 0 Å². The lowest BCUT2D eigenvalue weighted by Crippen LogP contribution is -2.46. The van der Waals surface area contributed by atoms with E-state index in [1.54, 1.807) is 0 Å². The maximum Gasteiger partial charge on any atom is 0.472 e. The fraction of sp³-hybridized carbons (Fsp3) is 0.977. The third-order valence-electron chi connectivity index (χ3n) is 10.6. The fourth-order valence-electron chi connectivity index (χ4n) is 6.93. The lowest BCUT2D eigenvalue weighted by atomic mass is 10.0. The molecular formula is C44H92N2O6P+. The number of aliphatic hydroxyl groups excluding tert-OH is 1. The summed E-state index contributed by atoms with van der Waals surface area (Å²) in [7, 11) is 1.63. The lowest BCUT2D eigenvalue weighted by Gasteiger charge is -2.26. The number of hydrogen-bond acceptors (Lipinski definition) is 5. The fourth-order valence-corrected chi connectivity index (χ4v) is 7.67. The monoisotopic (exact) mass is 776 g/mol. The third kappa shape index (κ3) is 39.5. The first kappa shape index (κ1) is 52.5. The van der Waals surface area contributed by atoms with Gasteiger partial charge in [-0.15, -0.1) is 0 Å². The van der Waals surface area contributed by atoms with E-state index in [4.69, 9.17) is 9.05 Å². The summed E-state index contributed by atoms with van der Waals surface area (Å²) in [6.45, 7) is 4.88. The van der Waals surface area contributed by atoms with Crippen molar-refractivity contribution in [1.82, 2.24) is 5.32 Å². The van der Waals surface area contributed by atoms with Crippen LogP contribution in [0, 0.1) is 0 Å². The van der Waals surface area contributed by atoms with Gasteiger partial charge in [-0.3, -0.25) is 13.8 Å². The van der Waals surface area contributed by atoms with Gasteiger partial charge in [-0.05, 0) is 12.8 Å². The van der Waals surface area contributed by atoms with Crippen LogP contribution in [0.1, 0.15) is 226 Å². The molecule has 0 aromatic rings. The molecule has 0 aliphatic carbocycles. The van der Waals surface area contributed by atoms with Crippen molar-refractivity contribution >= 4 is 13.7 Å². The van der Waals surface area contributed by atoms with Gasteiger partial charge in [0.15, 0.2) is 0 Å². The van der Waals surface area contributed by atoms with Gasteiger partial charge >= 0.3 is 7.82 Å². The molecule has 3 atom stereocenters. The van der Waals surface area contributed by atoms with Crippen molar-refractivity contribution < 1.29 is 32.9 Å². The molecule has 0 rings (SSSR count). The Morgan fingerprint density at radius 2 is 0.906 bits per heavy atom. The lowest BCUT2D eigenvalue weighted by molar-refractivity contribution is -0.870. The molecule has 0 aromatic carbocycles. The van der Waals surface area contributed by atoms with Gasteiger partial charge in [0.05, 0.1) is 39.9 Å². The molecule has 0 aliphatic heterocycles. The summed E-state index contributed by atoms with van der Waals surface area (Å²) < 4.78 is 23.6. The normalized spacial score (nSPS) is 14.3. The summed E-state index contributed by atoms with van der Waals surface area (Å²) in [5.41, 5.74) is 0. The van der Waals surface area contributed by atoms with Crippen LogP contribution in [0.3, 0.4) is 0 Å². The Morgan fingerprint density at radius 1 is 0.566 bits per heavy atom. The van der Waals surface area contributed by atoms with E-state index in [-0.39, 0.29) is 19.1 Å². The predicted octanol–water partition coefficient (Wildman–Crippen LogP) is 12.6. The van der Waals surface area contributed by atoms with E-state index in [0.717, 1.165) is 38.5 Å². The molecule has 0 saturated heterocycles. The van der Waals surface area contributed by atoms with Crippen LogP contribution >= 0.6 is 7.82 Å². The van der Waals surface area contributed by atoms with E-state index in [9.17, 15) is 19.4 Å². The standard InChI is InChI=1S/C44H91N2O6P/c1-6-8-10-12-14-16-17-18-19-20-21-22-23-24-25-26-27-28-30-32-34-36-38-44(48)45-42(41-52-53(49,50)51-40-39-46(3,4)5)43(47)37-35-33-31-29-15-13-11-9-7-2/h42-43,47H,6-41H2,1-5H3,(H-,45,48,49,50)/p+1. The maximum atomic E-state index is 12.9. The largest absolute Gasteiger partial charge is 0.472 e. The molecule has 0 fully saturated rings. The summed E-state index contributed by atoms with van der Waals surface area (Å²) in [6, 6.07) is -0.751. The summed E-state index contributed by atoms with van der Waals surface area (Å²) in [5.74, 6) is -0.142. The average molecular weight is 776 g/mol. The molecule has 0 radical (unpaired) electrons. The first-order valence-electron chi connectivity index (χ1n) is 22.9. The van der Waals surface area contributed by atoms with Crippen LogP contribution in [0.15, 0.2) is 0 Å². The zero-order valence-electron chi connectivity index (χ0n) is 36.0. The minimum absolute atomic E-state index is 0.0782. The van der Waals surface area contributed by atoms with Gasteiger partial charge in [0, 0.05) is 6.42 Å². The first-order chi connectivity index (χ1) is 25.5. The van der Waals surface area contributed by atoms with E-state index in [1.807, 2.05) is 21.1 Å². The van der Waals surface area contributed by atoms with Crippen molar-refractivity contribution in [2.24, 2.45) is 0 Å². The van der Waals surface area contributed by atoms with E-state index >= 15 is 0 Å². The molecule has 0 bridgehead atoms. The zero-order valence-corrected chi connectivity index (χ0v) is 36.9. The van der Waals surface area contributed by atoms with E-state index in [2.05, 4.69) is 19.2 Å². The Balaban J connectivity index is 4.13. The number of likely N-dealkylation sites (N-methyl/N-ethyl adjacent to an activating group) is 1. The number of nitrogens with zero attached hydrogens (tertiary/aromatic N) is 1. The first-order valence-corrected chi connectivity index (χ1v) is 24.4. The molecule has 53 heavy (non-hydrogen) atoms. The molecule has 0 aromatic heterocycles. The number of aliphatic hydroxyl groups is 1. The number of phosphoric ester groups is 1. The Morgan fingerprint density at radius 3 is 1.26 bits per heavy atom. The van der Waals surface area contributed by atoms with Gasteiger partial charge in [-0.25, -0.2) is 4.57 Å². The van der Waals surface area contributed by atoms with Crippen molar-refractivity contribution in [1.29, 1.82) is 0 Å². The van der Waals surface area contributed by atoms with Gasteiger partial charge in [0.25, 0.3) is 0 Å². The Bertz CT molecular complexity index is 839. The molecule has 1 amide bonds. The van der Waals surface area contributed by atoms with Crippen LogP contribution in [-0.4, -0.2) is 73.4 Å². The number of amides is 1. The summed E-state index contributed by atoms with van der Waals surface area (Å²) in [4.78, 5) is 23.1. The second-order valence-corrected chi connectivity index (χ2v) is 18.6. The number of quaternary nitrogens is 1. The summed E-state index contributed by atoms with van der Waals surface area (Å²) >= 11 is 0. The zero-order chi connectivity index (χ0) is 39.3. The highest BCUT2D eigenvalue weighted by molar-refractivity contribution is 7.47. The van der Waals surface area contributed by atoms with Gasteiger partial charge in [-0.1, -0.05) is 206 Å². The van der Waals surface area contributed by atoms with Crippen LogP contribution in [0.2, 0.25) is 0 Å². The molecule has 3 unspecified atom stereocenters. The van der Waals surface area contributed by atoms with Crippen LogP contribution in [-0.2, 0) is 18.4 Å². The van der Waals surface area contributed by atoms with Crippen LogP contribution in [0.5, 0.6) is 0 Å². The minimum atomic E-state index is -4.30. The number of phosphoric acid groups is 1. The van der Waals surface area contributed by atoms with Crippen LogP contribution in [0.25, 0.3) is 0 Å². The quantitative estimate of drug-likeness (QED) is 0.0324. The number of carbonyl (C=O) groups excluding carboxylic acids is 1. The number of carbonyl (C=O) groups is 1. The SMILES string of the molecule is CCCCCCCCCCCCCCCCCCCCCCCCC(=O)NC(COP(=O)(O)OCC[N+](C)(C)C)C(O)CCCCCCCCCCC. The topological polar surface area (TPSA) is 105 Å². The highest BCUT2D eigenvalue weighted by Crippen LogP contribution is 2.43. The smallest absolute Gasteiger partial charge is 0.391 e.